The number of amides is 1. The summed E-state index contributed by atoms with van der Waals surface area (Å²) >= 11 is 0. The SMILES string of the molecule is COc1cc(C(=O)N2CCC(C(C)C)C2)ccc1N. The molecule has 1 heterocycles. The molecule has 1 unspecified atom stereocenters. The summed E-state index contributed by atoms with van der Waals surface area (Å²) < 4.78 is 5.16. The molecule has 0 bridgehead atoms. The van der Waals surface area contributed by atoms with Crippen molar-refractivity contribution in [3.8, 4) is 5.75 Å². The zero-order chi connectivity index (χ0) is 14.0. The molecule has 1 atom stereocenters. The Morgan fingerprint density at radius 3 is 2.79 bits per heavy atom. The van der Waals surface area contributed by atoms with Gasteiger partial charge in [0.1, 0.15) is 5.75 Å². The Balaban J connectivity index is 2.12. The largest absolute Gasteiger partial charge is 0.495 e. The molecular formula is C15H22N2O2. The summed E-state index contributed by atoms with van der Waals surface area (Å²) in [5.41, 5.74) is 6.97. The van der Waals surface area contributed by atoms with Crippen LogP contribution < -0.4 is 10.5 Å². The van der Waals surface area contributed by atoms with Crippen LogP contribution in [0.3, 0.4) is 0 Å². The standard InChI is InChI=1S/C15H22N2O2/c1-10(2)12-6-7-17(9-12)15(18)11-4-5-13(16)14(8-11)19-3/h4-5,8,10,12H,6-7,9,16H2,1-3H3. The molecule has 1 aromatic rings. The van der Waals surface area contributed by atoms with E-state index < -0.39 is 0 Å². The lowest BCUT2D eigenvalue weighted by atomic mass is 9.95. The highest BCUT2D eigenvalue weighted by Crippen LogP contribution is 2.27. The van der Waals surface area contributed by atoms with E-state index in [0.717, 1.165) is 19.5 Å². The molecule has 0 saturated carbocycles. The van der Waals surface area contributed by atoms with Gasteiger partial charge in [-0.15, -0.1) is 0 Å². The number of hydrogen-bond acceptors (Lipinski definition) is 3. The van der Waals surface area contributed by atoms with Gasteiger partial charge in [0.2, 0.25) is 0 Å². The number of nitrogens with zero attached hydrogens (tertiary/aromatic N) is 1. The van der Waals surface area contributed by atoms with Gasteiger partial charge in [0.25, 0.3) is 5.91 Å². The van der Waals surface area contributed by atoms with E-state index in [1.165, 1.54) is 0 Å². The Bertz CT molecular complexity index is 471. The van der Waals surface area contributed by atoms with Gasteiger partial charge in [0.15, 0.2) is 0 Å². The minimum absolute atomic E-state index is 0.0708. The molecule has 1 aliphatic rings. The predicted octanol–water partition coefficient (Wildman–Crippen LogP) is 2.40. The molecule has 1 aromatic carbocycles. The van der Waals surface area contributed by atoms with Crippen LogP contribution in [0.5, 0.6) is 5.75 Å². The zero-order valence-corrected chi connectivity index (χ0v) is 11.8. The molecule has 1 saturated heterocycles. The highest BCUT2D eigenvalue weighted by molar-refractivity contribution is 5.95. The van der Waals surface area contributed by atoms with Gasteiger partial charge in [-0.1, -0.05) is 13.8 Å². The fraction of sp³-hybridized carbons (Fsp3) is 0.533. The third kappa shape index (κ3) is 2.83. The van der Waals surface area contributed by atoms with E-state index in [0.29, 0.717) is 28.8 Å². The molecule has 0 spiro atoms. The number of benzene rings is 1. The maximum Gasteiger partial charge on any atom is 0.254 e. The van der Waals surface area contributed by atoms with E-state index in [9.17, 15) is 4.79 Å². The lowest BCUT2D eigenvalue weighted by molar-refractivity contribution is 0.0783. The molecular weight excluding hydrogens is 240 g/mol. The van der Waals surface area contributed by atoms with Crippen LogP contribution in [0.25, 0.3) is 0 Å². The molecule has 2 N–H and O–H groups in total. The fourth-order valence-electron chi connectivity index (χ4n) is 2.54. The van der Waals surface area contributed by atoms with Gasteiger partial charge in [-0.2, -0.15) is 0 Å². The highest BCUT2D eigenvalue weighted by Gasteiger charge is 2.28. The van der Waals surface area contributed by atoms with Crippen LogP contribution in [0, 0.1) is 11.8 Å². The van der Waals surface area contributed by atoms with Crippen molar-refractivity contribution in [1.29, 1.82) is 0 Å². The average Bonchev–Trinajstić information content (AvgIpc) is 2.88. The average molecular weight is 262 g/mol. The van der Waals surface area contributed by atoms with Gasteiger partial charge in [0, 0.05) is 18.7 Å². The van der Waals surface area contributed by atoms with Crippen molar-refractivity contribution in [2.45, 2.75) is 20.3 Å². The van der Waals surface area contributed by atoms with Crippen molar-refractivity contribution < 1.29 is 9.53 Å². The number of likely N-dealkylation sites (tertiary alicyclic amines) is 1. The van der Waals surface area contributed by atoms with Crippen LogP contribution in [-0.4, -0.2) is 31.0 Å². The first-order valence-corrected chi connectivity index (χ1v) is 6.75. The molecule has 0 radical (unpaired) electrons. The summed E-state index contributed by atoms with van der Waals surface area (Å²) in [6.07, 6.45) is 1.09. The molecule has 1 aliphatic heterocycles. The van der Waals surface area contributed by atoms with Gasteiger partial charge in [-0.3, -0.25) is 4.79 Å². The lowest BCUT2D eigenvalue weighted by Gasteiger charge is -2.18. The molecule has 1 fully saturated rings. The molecule has 1 amide bonds. The van der Waals surface area contributed by atoms with Crippen LogP contribution in [0.15, 0.2) is 18.2 Å². The summed E-state index contributed by atoms with van der Waals surface area (Å²) in [6, 6.07) is 5.21. The summed E-state index contributed by atoms with van der Waals surface area (Å²) in [5.74, 6) is 1.87. The number of carbonyl (C=O) groups is 1. The van der Waals surface area contributed by atoms with Gasteiger partial charge >= 0.3 is 0 Å². The quantitative estimate of drug-likeness (QED) is 0.851. The Morgan fingerprint density at radius 2 is 2.21 bits per heavy atom. The normalized spacial score (nSPS) is 18.9. The second-order valence-electron chi connectivity index (χ2n) is 5.50. The smallest absolute Gasteiger partial charge is 0.254 e. The molecule has 0 aliphatic carbocycles. The summed E-state index contributed by atoms with van der Waals surface area (Å²) in [6.45, 7) is 6.12. The Hall–Kier alpha value is -1.71. The predicted molar refractivity (Wildman–Crippen MR) is 76.3 cm³/mol. The van der Waals surface area contributed by atoms with Crippen LogP contribution in [0.4, 0.5) is 5.69 Å². The van der Waals surface area contributed by atoms with Gasteiger partial charge < -0.3 is 15.4 Å². The lowest BCUT2D eigenvalue weighted by Crippen LogP contribution is -2.29. The number of nitrogen functional groups attached to an aromatic ring is 1. The van der Waals surface area contributed by atoms with Crippen LogP contribution >= 0.6 is 0 Å². The Labute approximate surface area is 114 Å². The molecule has 104 valence electrons. The zero-order valence-electron chi connectivity index (χ0n) is 11.8. The third-order valence-electron chi connectivity index (χ3n) is 3.94. The van der Waals surface area contributed by atoms with E-state index in [2.05, 4.69) is 13.8 Å². The number of rotatable bonds is 3. The highest BCUT2D eigenvalue weighted by atomic mass is 16.5. The summed E-state index contributed by atoms with van der Waals surface area (Å²) in [5, 5.41) is 0. The van der Waals surface area contributed by atoms with Gasteiger partial charge in [-0.25, -0.2) is 0 Å². The maximum atomic E-state index is 12.4. The minimum Gasteiger partial charge on any atom is -0.495 e. The van der Waals surface area contributed by atoms with Crippen molar-refractivity contribution in [1.82, 2.24) is 4.90 Å². The first-order valence-electron chi connectivity index (χ1n) is 6.75. The van der Waals surface area contributed by atoms with Gasteiger partial charge in [-0.05, 0) is 36.5 Å². The maximum absolute atomic E-state index is 12.4. The number of nitrogens with two attached hydrogens (primary N) is 1. The van der Waals surface area contributed by atoms with Crippen molar-refractivity contribution >= 4 is 11.6 Å². The van der Waals surface area contributed by atoms with Crippen molar-refractivity contribution in [3.05, 3.63) is 23.8 Å². The van der Waals surface area contributed by atoms with Crippen molar-refractivity contribution in [3.63, 3.8) is 0 Å². The topological polar surface area (TPSA) is 55.6 Å². The Morgan fingerprint density at radius 1 is 1.47 bits per heavy atom. The summed E-state index contributed by atoms with van der Waals surface area (Å²) in [4.78, 5) is 14.4. The van der Waals surface area contributed by atoms with E-state index in [1.54, 1.807) is 25.3 Å². The molecule has 4 heteroatoms. The third-order valence-corrected chi connectivity index (χ3v) is 3.94. The van der Waals surface area contributed by atoms with Crippen molar-refractivity contribution in [2.24, 2.45) is 11.8 Å². The monoisotopic (exact) mass is 262 g/mol. The second-order valence-corrected chi connectivity index (χ2v) is 5.50. The first-order chi connectivity index (χ1) is 9.02. The molecule has 2 rings (SSSR count). The van der Waals surface area contributed by atoms with E-state index in [4.69, 9.17) is 10.5 Å². The molecule has 19 heavy (non-hydrogen) atoms. The second kappa shape index (κ2) is 5.51. The molecule has 4 nitrogen and oxygen atoms in total. The van der Waals surface area contributed by atoms with E-state index in [-0.39, 0.29) is 5.91 Å². The number of methoxy groups -OCH3 is 1. The number of anilines is 1. The number of carbonyl (C=O) groups excluding carboxylic acids is 1. The van der Waals surface area contributed by atoms with Crippen LogP contribution in [-0.2, 0) is 0 Å². The van der Waals surface area contributed by atoms with E-state index >= 15 is 0 Å². The van der Waals surface area contributed by atoms with Crippen LogP contribution in [0.2, 0.25) is 0 Å². The molecule has 0 aromatic heterocycles. The number of ether oxygens (including phenoxy) is 1. The Kier molecular flexibility index (Phi) is 3.98. The van der Waals surface area contributed by atoms with E-state index in [1.807, 2.05) is 4.90 Å². The minimum atomic E-state index is 0.0708. The van der Waals surface area contributed by atoms with Crippen molar-refractivity contribution in [2.75, 3.05) is 25.9 Å². The summed E-state index contributed by atoms with van der Waals surface area (Å²) in [7, 11) is 1.56. The fourth-order valence-corrected chi connectivity index (χ4v) is 2.54. The van der Waals surface area contributed by atoms with Crippen LogP contribution in [0.1, 0.15) is 30.6 Å². The first kappa shape index (κ1) is 13.7. The van der Waals surface area contributed by atoms with Gasteiger partial charge in [0.05, 0.1) is 12.8 Å². The number of hydrogen-bond donors (Lipinski definition) is 1.